The van der Waals surface area contributed by atoms with Crippen LogP contribution in [-0.2, 0) is 6.42 Å². The number of hydrogen-bond acceptors (Lipinski definition) is 3. The van der Waals surface area contributed by atoms with Crippen molar-refractivity contribution < 1.29 is 9.52 Å². The van der Waals surface area contributed by atoms with Crippen LogP contribution >= 0.6 is 11.6 Å². The summed E-state index contributed by atoms with van der Waals surface area (Å²) in [6.45, 7) is 7.15. The average molecular weight is 317 g/mol. The van der Waals surface area contributed by atoms with E-state index < -0.39 is 5.63 Å². The van der Waals surface area contributed by atoms with Crippen LogP contribution in [0.25, 0.3) is 23.3 Å². The molecule has 4 heteroatoms. The third-order valence-electron chi connectivity index (χ3n) is 3.33. The molecule has 0 fully saturated rings. The molecule has 1 heterocycles. The summed E-state index contributed by atoms with van der Waals surface area (Å²) < 4.78 is 5.35. The molecule has 1 aromatic heterocycles. The molecule has 114 valence electrons. The summed E-state index contributed by atoms with van der Waals surface area (Å²) in [6.07, 6.45) is 3.65. The van der Waals surface area contributed by atoms with E-state index in [0.29, 0.717) is 21.6 Å². The summed E-state index contributed by atoms with van der Waals surface area (Å²) in [4.78, 5) is 12.3. The monoisotopic (exact) mass is 316 g/mol. The van der Waals surface area contributed by atoms with E-state index in [1.165, 1.54) is 0 Å². The van der Waals surface area contributed by atoms with Gasteiger partial charge in [0.1, 0.15) is 5.42 Å². The Labute approximate surface area is 133 Å². The van der Waals surface area contributed by atoms with Gasteiger partial charge in [-0.25, -0.2) is 4.79 Å². The van der Waals surface area contributed by atoms with E-state index in [0.717, 1.165) is 10.8 Å². The van der Waals surface area contributed by atoms with Crippen molar-refractivity contribution in [2.24, 2.45) is 0 Å². The number of benzene rings is 1. The Bertz CT molecular complexity index is 892. The molecule has 0 aliphatic rings. The lowest BCUT2D eigenvalue weighted by atomic mass is 9.97. The van der Waals surface area contributed by atoms with Gasteiger partial charge in [0.15, 0.2) is 0 Å². The van der Waals surface area contributed by atoms with Crippen molar-refractivity contribution in [3.63, 3.8) is 0 Å². The number of allylic oxidation sites excluding steroid dienone is 1. The topological polar surface area (TPSA) is 50.4 Å². The summed E-state index contributed by atoms with van der Waals surface area (Å²) in [6, 6.07) is 7.24. The maximum absolute atomic E-state index is 12.3. The molecule has 0 saturated carbocycles. The van der Waals surface area contributed by atoms with Crippen molar-refractivity contribution in [2.75, 3.05) is 0 Å². The number of aliphatic hydroxyl groups is 1. The lowest BCUT2D eigenvalue weighted by Crippen LogP contribution is -2.33. The summed E-state index contributed by atoms with van der Waals surface area (Å²) in [5.41, 5.74) is 1.89. The highest BCUT2D eigenvalue weighted by molar-refractivity contribution is 6.30. The molecule has 22 heavy (non-hydrogen) atoms. The molecule has 0 spiro atoms. The molecule has 0 bridgehead atoms. The van der Waals surface area contributed by atoms with Gasteiger partial charge in [-0.2, -0.15) is 0 Å². The maximum Gasteiger partial charge on any atom is 0.340 e. The lowest BCUT2D eigenvalue weighted by Gasteiger charge is -2.10. The molecule has 3 nitrogen and oxygen atoms in total. The van der Waals surface area contributed by atoms with Gasteiger partial charge in [0.2, 0.25) is 0 Å². The first-order valence-corrected chi connectivity index (χ1v) is 7.27. The molecule has 0 atom stereocenters. The van der Waals surface area contributed by atoms with Gasteiger partial charge in [-0.3, -0.25) is 0 Å². The summed E-state index contributed by atoms with van der Waals surface area (Å²) in [7, 11) is 0. The minimum atomic E-state index is -0.483. The van der Waals surface area contributed by atoms with Gasteiger partial charge in [0.05, 0.1) is 11.3 Å². The maximum atomic E-state index is 12.3. The fourth-order valence-corrected chi connectivity index (χ4v) is 2.63. The third kappa shape index (κ3) is 3.15. The van der Waals surface area contributed by atoms with Crippen LogP contribution in [-0.4, -0.2) is 5.11 Å². The molecule has 0 unspecified atom stereocenters. The molecule has 1 N–H and O–H groups in total. The molecule has 2 rings (SSSR count). The van der Waals surface area contributed by atoms with Crippen LogP contribution in [0.5, 0.6) is 0 Å². The van der Waals surface area contributed by atoms with Gasteiger partial charge in [0.25, 0.3) is 0 Å². The van der Waals surface area contributed by atoms with Gasteiger partial charge in [-0.1, -0.05) is 36.4 Å². The average Bonchev–Trinajstić information content (AvgIpc) is 2.48. The van der Waals surface area contributed by atoms with Crippen molar-refractivity contribution in [1.82, 2.24) is 0 Å². The Kier molecular flexibility index (Phi) is 4.88. The SMILES string of the molecule is C=C(O)Cc1c(-c2cccc(Cl)c2)c(=C/C)/c(=C\C)oc1=O. The Morgan fingerprint density at radius 2 is 2.09 bits per heavy atom. The third-order valence-corrected chi connectivity index (χ3v) is 3.57. The second-order valence-electron chi connectivity index (χ2n) is 4.85. The van der Waals surface area contributed by atoms with Crippen molar-refractivity contribution in [2.45, 2.75) is 20.3 Å². The molecule has 2 aromatic rings. The number of halogens is 1. The first kappa shape index (κ1) is 16.1. The zero-order valence-corrected chi connectivity index (χ0v) is 13.3. The second-order valence-corrected chi connectivity index (χ2v) is 5.29. The lowest BCUT2D eigenvalue weighted by molar-refractivity contribution is 0.395. The number of hydrogen-bond donors (Lipinski definition) is 1. The molecule has 1 aromatic carbocycles. The van der Waals surface area contributed by atoms with E-state index in [1.54, 1.807) is 25.1 Å². The molecule has 0 aliphatic heterocycles. The van der Waals surface area contributed by atoms with Gasteiger partial charge < -0.3 is 9.52 Å². The molecule has 0 saturated heterocycles. The molecule has 0 amide bonds. The first-order chi connectivity index (χ1) is 10.5. The van der Waals surface area contributed by atoms with Crippen molar-refractivity contribution >= 4 is 23.8 Å². The highest BCUT2D eigenvalue weighted by Crippen LogP contribution is 2.22. The fourth-order valence-electron chi connectivity index (χ4n) is 2.44. The normalized spacial score (nSPS) is 12.7. The zero-order chi connectivity index (χ0) is 16.3. The van der Waals surface area contributed by atoms with Crippen molar-refractivity contribution in [1.29, 1.82) is 0 Å². The number of rotatable bonds is 3. The van der Waals surface area contributed by atoms with E-state index in [1.807, 2.05) is 25.1 Å². The second kappa shape index (κ2) is 6.67. The minimum Gasteiger partial charge on any atom is -0.513 e. The fraction of sp³-hybridized carbons (Fsp3) is 0.167. The van der Waals surface area contributed by atoms with Gasteiger partial charge in [0, 0.05) is 22.2 Å². The minimum absolute atomic E-state index is 0.0367. The Morgan fingerprint density at radius 1 is 1.36 bits per heavy atom. The van der Waals surface area contributed by atoms with E-state index >= 15 is 0 Å². The molecule has 0 aliphatic carbocycles. The zero-order valence-electron chi connectivity index (χ0n) is 12.5. The van der Waals surface area contributed by atoms with E-state index in [2.05, 4.69) is 6.58 Å². The van der Waals surface area contributed by atoms with Crippen molar-refractivity contribution in [3.8, 4) is 11.1 Å². The van der Waals surface area contributed by atoms with Crippen LogP contribution in [0.15, 0.2) is 45.8 Å². The first-order valence-electron chi connectivity index (χ1n) is 6.89. The molecule has 0 radical (unpaired) electrons. The largest absolute Gasteiger partial charge is 0.513 e. The highest BCUT2D eigenvalue weighted by Gasteiger charge is 2.15. The smallest absolute Gasteiger partial charge is 0.340 e. The molecular formula is C18H17ClO3. The van der Waals surface area contributed by atoms with E-state index in [-0.39, 0.29) is 12.2 Å². The Hall–Kier alpha value is -2.26. The van der Waals surface area contributed by atoms with E-state index in [9.17, 15) is 9.90 Å². The predicted octanol–water partition coefficient (Wildman–Crippen LogP) is 3.18. The van der Waals surface area contributed by atoms with Gasteiger partial charge in [-0.15, -0.1) is 0 Å². The van der Waals surface area contributed by atoms with Crippen LogP contribution in [0.1, 0.15) is 19.4 Å². The van der Waals surface area contributed by atoms with Crippen LogP contribution in [0.3, 0.4) is 0 Å². The highest BCUT2D eigenvalue weighted by atomic mass is 35.5. The van der Waals surface area contributed by atoms with Crippen LogP contribution < -0.4 is 16.3 Å². The Balaban J connectivity index is 2.98. The van der Waals surface area contributed by atoms with E-state index in [4.69, 9.17) is 16.0 Å². The van der Waals surface area contributed by atoms with Crippen LogP contribution in [0.4, 0.5) is 0 Å². The summed E-state index contributed by atoms with van der Waals surface area (Å²) in [5.74, 6) is -0.0918. The summed E-state index contributed by atoms with van der Waals surface area (Å²) >= 11 is 6.08. The molecular weight excluding hydrogens is 300 g/mol. The predicted molar refractivity (Wildman–Crippen MR) is 90.4 cm³/mol. The Morgan fingerprint density at radius 3 is 2.64 bits per heavy atom. The van der Waals surface area contributed by atoms with Crippen LogP contribution in [0.2, 0.25) is 5.02 Å². The van der Waals surface area contributed by atoms with Gasteiger partial charge in [-0.05, 0) is 37.6 Å². The number of aliphatic hydroxyl groups excluding tert-OH is 1. The van der Waals surface area contributed by atoms with Gasteiger partial charge >= 0.3 is 5.63 Å². The quantitative estimate of drug-likeness (QED) is 0.885. The van der Waals surface area contributed by atoms with Crippen LogP contribution in [0, 0.1) is 0 Å². The summed E-state index contributed by atoms with van der Waals surface area (Å²) in [5, 5.41) is 10.9. The standard InChI is InChI=1S/C18H17ClO3/c1-4-14-16(5-2)22-18(21)15(9-11(3)20)17(14)12-7-6-8-13(19)10-12/h4-8,10,20H,3,9H2,1-2H3/b14-4+,16-5+. The van der Waals surface area contributed by atoms with Crippen molar-refractivity contribution in [3.05, 3.63) is 68.2 Å².